The molecular weight excluding hydrogens is 344 g/mol. The Balaban J connectivity index is 1.80. The van der Waals surface area contributed by atoms with Crippen molar-refractivity contribution in [1.29, 1.82) is 0 Å². The molecule has 1 aliphatic rings. The van der Waals surface area contributed by atoms with Gasteiger partial charge in [-0.1, -0.05) is 22.0 Å². The second-order valence-electron chi connectivity index (χ2n) is 5.76. The first kappa shape index (κ1) is 15.2. The minimum Gasteiger partial charge on any atom is -0.334 e. The molecule has 1 saturated heterocycles. The van der Waals surface area contributed by atoms with E-state index in [1.165, 1.54) is 0 Å². The lowest BCUT2D eigenvalue weighted by Gasteiger charge is -2.35. The quantitative estimate of drug-likeness (QED) is 0.892. The Labute approximate surface area is 138 Å². The Morgan fingerprint density at radius 1 is 1.41 bits per heavy atom. The molecule has 2 atom stereocenters. The zero-order chi connectivity index (χ0) is 15.7. The minimum absolute atomic E-state index is 0.0202. The van der Waals surface area contributed by atoms with Crippen LogP contribution in [0.2, 0.25) is 0 Å². The Morgan fingerprint density at radius 2 is 2.23 bits per heavy atom. The van der Waals surface area contributed by atoms with E-state index in [-0.39, 0.29) is 18.0 Å². The van der Waals surface area contributed by atoms with Crippen LogP contribution in [0.15, 0.2) is 41.0 Å². The van der Waals surface area contributed by atoms with Crippen LogP contribution in [0.4, 0.5) is 0 Å². The van der Waals surface area contributed by atoms with Crippen LogP contribution in [0.3, 0.4) is 0 Å². The molecule has 0 spiro atoms. The summed E-state index contributed by atoms with van der Waals surface area (Å²) >= 11 is 3.44. The molecular formula is C16H19BrN4O. The maximum absolute atomic E-state index is 12.6. The largest absolute Gasteiger partial charge is 0.334 e. The second-order valence-corrected chi connectivity index (χ2v) is 6.67. The number of nitrogens with zero attached hydrogens (tertiary/aromatic N) is 3. The van der Waals surface area contributed by atoms with Crippen molar-refractivity contribution in [3.63, 3.8) is 0 Å². The normalized spacial score (nSPS) is 21.9. The topological polar surface area (TPSA) is 64.2 Å². The van der Waals surface area contributed by atoms with Crippen molar-refractivity contribution in [3.8, 4) is 5.69 Å². The van der Waals surface area contributed by atoms with E-state index in [0.29, 0.717) is 12.2 Å². The summed E-state index contributed by atoms with van der Waals surface area (Å²) in [6.07, 6.45) is 3.51. The number of nitrogens with two attached hydrogens (primary N) is 1. The van der Waals surface area contributed by atoms with Gasteiger partial charge in [-0.15, -0.1) is 0 Å². The third kappa shape index (κ3) is 3.08. The third-order valence-electron chi connectivity index (χ3n) is 4.06. The fraction of sp³-hybridized carbons (Fsp3) is 0.375. The molecule has 1 amide bonds. The first-order valence-corrected chi connectivity index (χ1v) is 8.22. The van der Waals surface area contributed by atoms with Crippen molar-refractivity contribution in [2.75, 3.05) is 6.54 Å². The number of rotatable bonds is 2. The summed E-state index contributed by atoms with van der Waals surface area (Å²) in [4.78, 5) is 14.5. The van der Waals surface area contributed by atoms with Crippen LogP contribution in [0, 0.1) is 0 Å². The van der Waals surface area contributed by atoms with E-state index in [0.717, 1.165) is 23.0 Å². The van der Waals surface area contributed by atoms with E-state index in [1.807, 2.05) is 42.3 Å². The van der Waals surface area contributed by atoms with E-state index in [4.69, 9.17) is 5.73 Å². The number of carbonyl (C=O) groups is 1. The molecule has 2 N–H and O–H groups in total. The van der Waals surface area contributed by atoms with Crippen molar-refractivity contribution in [1.82, 2.24) is 14.7 Å². The highest BCUT2D eigenvalue weighted by molar-refractivity contribution is 9.10. The molecule has 2 heterocycles. The number of piperidine rings is 1. The molecule has 1 aromatic heterocycles. The minimum atomic E-state index is -0.0202. The summed E-state index contributed by atoms with van der Waals surface area (Å²) in [6, 6.07) is 9.93. The second kappa shape index (κ2) is 6.22. The highest BCUT2D eigenvalue weighted by atomic mass is 79.9. The van der Waals surface area contributed by atoms with Crippen molar-refractivity contribution < 1.29 is 4.79 Å². The Morgan fingerprint density at radius 3 is 2.95 bits per heavy atom. The van der Waals surface area contributed by atoms with E-state index in [9.17, 15) is 4.79 Å². The maximum atomic E-state index is 12.6. The Hall–Kier alpha value is -1.66. The van der Waals surface area contributed by atoms with Gasteiger partial charge in [0.2, 0.25) is 0 Å². The zero-order valence-corrected chi connectivity index (χ0v) is 14.0. The van der Waals surface area contributed by atoms with Crippen LogP contribution in [0.25, 0.3) is 5.69 Å². The monoisotopic (exact) mass is 362 g/mol. The standard InChI is InChI=1S/C16H19BrN4O/c1-11-9-13(18)5-7-20(11)16(22)15-6-8-21(19-15)14-4-2-3-12(17)10-14/h2-4,6,8,10-11,13H,5,7,9,18H2,1H3. The number of halogens is 1. The molecule has 1 fully saturated rings. The van der Waals surface area contributed by atoms with Gasteiger partial charge in [-0.25, -0.2) is 4.68 Å². The van der Waals surface area contributed by atoms with Gasteiger partial charge in [-0.2, -0.15) is 5.10 Å². The van der Waals surface area contributed by atoms with Crippen molar-refractivity contribution >= 4 is 21.8 Å². The highest BCUT2D eigenvalue weighted by Gasteiger charge is 2.28. The van der Waals surface area contributed by atoms with Gasteiger partial charge in [0.1, 0.15) is 0 Å². The first-order chi connectivity index (χ1) is 10.5. The molecule has 1 aromatic carbocycles. The first-order valence-electron chi connectivity index (χ1n) is 7.43. The predicted octanol–water partition coefficient (Wildman–Crippen LogP) is 2.59. The van der Waals surface area contributed by atoms with Gasteiger partial charge in [0.15, 0.2) is 5.69 Å². The molecule has 2 unspecified atom stereocenters. The molecule has 6 heteroatoms. The molecule has 1 aliphatic heterocycles. The van der Waals surface area contributed by atoms with Crippen molar-refractivity contribution in [3.05, 3.63) is 46.7 Å². The smallest absolute Gasteiger partial charge is 0.274 e. The van der Waals surface area contributed by atoms with Crippen LogP contribution < -0.4 is 5.73 Å². The molecule has 0 bridgehead atoms. The number of likely N-dealkylation sites (tertiary alicyclic amines) is 1. The molecule has 116 valence electrons. The molecule has 22 heavy (non-hydrogen) atoms. The van der Waals surface area contributed by atoms with Crippen LogP contribution in [0.5, 0.6) is 0 Å². The van der Waals surface area contributed by atoms with Crippen LogP contribution in [-0.4, -0.2) is 39.2 Å². The van der Waals surface area contributed by atoms with E-state index in [2.05, 4.69) is 21.0 Å². The lowest BCUT2D eigenvalue weighted by atomic mass is 9.99. The van der Waals surface area contributed by atoms with Gasteiger partial charge in [0, 0.05) is 29.3 Å². The molecule has 0 aliphatic carbocycles. The molecule has 0 radical (unpaired) electrons. The molecule has 2 aromatic rings. The van der Waals surface area contributed by atoms with Gasteiger partial charge in [-0.3, -0.25) is 4.79 Å². The molecule has 3 rings (SSSR count). The number of aromatic nitrogens is 2. The SMILES string of the molecule is CC1CC(N)CCN1C(=O)c1ccn(-c2cccc(Br)c2)n1. The Kier molecular flexibility index (Phi) is 4.31. The van der Waals surface area contributed by atoms with Gasteiger partial charge in [-0.05, 0) is 44.0 Å². The van der Waals surface area contributed by atoms with Crippen molar-refractivity contribution in [2.45, 2.75) is 31.8 Å². The summed E-state index contributed by atoms with van der Waals surface area (Å²) in [5.74, 6) is -0.0202. The summed E-state index contributed by atoms with van der Waals surface area (Å²) in [5, 5.41) is 4.42. The average Bonchev–Trinajstić information content (AvgIpc) is 2.96. The van der Waals surface area contributed by atoms with E-state index < -0.39 is 0 Å². The van der Waals surface area contributed by atoms with Crippen molar-refractivity contribution in [2.24, 2.45) is 5.73 Å². The highest BCUT2D eigenvalue weighted by Crippen LogP contribution is 2.19. The van der Waals surface area contributed by atoms with Crippen LogP contribution >= 0.6 is 15.9 Å². The average molecular weight is 363 g/mol. The van der Waals surface area contributed by atoms with Crippen LogP contribution in [-0.2, 0) is 0 Å². The lowest BCUT2D eigenvalue weighted by Crippen LogP contribution is -2.48. The van der Waals surface area contributed by atoms with Gasteiger partial charge in [0.05, 0.1) is 5.69 Å². The van der Waals surface area contributed by atoms with Crippen LogP contribution in [0.1, 0.15) is 30.3 Å². The van der Waals surface area contributed by atoms with E-state index >= 15 is 0 Å². The number of hydrogen-bond donors (Lipinski definition) is 1. The van der Waals surface area contributed by atoms with Gasteiger partial charge in [0.25, 0.3) is 5.91 Å². The summed E-state index contributed by atoms with van der Waals surface area (Å²) in [7, 11) is 0. The number of amides is 1. The predicted molar refractivity (Wildman–Crippen MR) is 89.0 cm³/mol. The number of hydrogen-bond acceptors (Lipinski definition) is 3. The number of carbonyl (C=O) groups excluding carboxylic acids is 1. The number of benzene rings is 1. The van der Waals surface area contributed by atoms with Gasteiger partial charge < -0.3 is 10.6 Å². The zero-order valence-electron chi connectivity index (χ0n) is 12.4. The lowest BCUT2D eigenvalue weighted by molar-refractivity contribution is 0.0612. The molecule has 5 nitrogen and oxygen atoms in total. The summed E-state index contributed by atoms with van der Waals surface area (Å²) < 4.78 is 2.70. The maximum Gasteiger partial charge on any atom is 0.274 e. The summed E-state index contributed by atoms with van der Waals surface area (Å²) in [5.41, 5.74) is 7.35. The Bertz CT molecular complexity index is 684. The fourth-order valence-electron chi connectivity index (χ4n) is 2.86. The molecule has 0 saturated carbocycles. The third-order valence-corrected chi connectivity index (χ3v) is 4.55. The fourth-order valence-corrected chi connectivity index (χ4v) is 3.24. The van der Waals surface area contributed by atoms with E-state index in [1.54, 1.807) is 10.7 Å². The van der Waals surface area contributed by atoms with Gasteiger partial charge >= 0.3 is 0 Å². The summed E-state index contributed by atoms with van der Waals surface area (Å²) in [6.45, 7) is 2.74.